The first-order valence-corrected chi connectivity index (χ1v) is 9.09. The highest BCUT2D eigenvalue weighted by Crippen LogP contribution is 2.31. The zero-order valence-electron chi connectivity index (χ0n) is 14.7. The molecule has 0 bridgehead atoms. The molecular weight excluding hydrogens is 414 g/mol. The lowest BCUT2D eigenvalue weighted by atomic mass is 10.1. The number of nitrogens with zero attached hydrogens (tertiary/aromatic N) is 1. The van der Waals surface area contributed by atoms with Crippen molar-refractivity contribution >= 4 is 47.2 Å². The number of benzene rings is 2. The van der Waals surface area contributed by atoms with E-state index in [9.17, 15) is 9.18 Å². The van der Waals surface area contributed by atoms with Crippen molar-refractivity contribution in [2.75, 3.05) is 25.5 Å². The molecule has 0 saturated carbocycles. The molecule has 2 aromatic carbocycles. The minimum absolute atomic E-state index is 0. The molecule has 1 aliphatic rings. The first kappa shape index (κ1) is 21.8. The van der Waals surface area contributed by atoms with E-state index in [2.05, 4.69) is 17.3 Å². The third-order valence-corrected chi connectivity index (χ3v) is 4.95. The van der Waals surface area contributed by atoms with Gasteiger partial charge in [0.25, 0.3) is 5.91 Å². The van der Waals surface area contributed by atoms with E-state index in [0.29, 0.717) is 16.5 Å². The number of carbonyl (C=O) groups is 1. The number of rotatable bonds is 4. The van der Waals surface area contributed by atoms with Crippen LogP contribution in [0.2, 0.25) is 10.0 Å². The van der Waals surface area contributed by atoms with Crippen LogP contribution in [0.1, 0.15) is 23.2 Å². The van der Waals surface area contributed by atoms with Gasteiger partial charge in [0.05, 0.1) is 15.6 Å². The Bertz CT molecular complexity index is 812. The van der Waals surface area contributed by atoms with Crippen molar-refractivity contribution in [3.63, 3.8) is 0 Å². The highest BCUT2D eigenvalue weighted by atomic mass is 35.5. The SMILES string of the molecule is CN1CCC(Oc2cc(NC(=O)c3ccc(F)cc3Cl)ccc2Cl)CC1.Cl. The second-order valence-corrected chi connectivity index (χ2v) is 7.16. The number of likely N-dealkylation sites (tertiary alicyclic amines) is 1. The fraction of sp³-hybridized carbons (Fsp3) is 0.316. The number of nitrogens with one attached hydrogen (secondary N) is 1. The van der Waals surface area contributed by atoms with E-state index >= 15 is 0 Å². The number of halogens is 4. The van der Waals surface area contributed by atoms with E-state index in [0.717, 1.165) is 32.0 Å². The summed E-state index contributed by atoms with van der Waals surface area (Å²) in [5, 5.41) is 3.28. The molecule has 2 aromatic rings. The van der Waals surface area contributed by atoms with Crippen LogP contribution in [0, 0.1) is 5.82 Å². The van der Waals surface area contributed by atoms with Gasteiger partial charge >= 0.3 is 0 Å². The molecule has 0 radical (unpaired) electrons. The predicted octanol–water partition coefficient (Wildman–Crippen LogP) is 5.28. The summed E-state index contributed by atoms with van der Waals surface area (Å²) in [5.74, 6) is -0.390. The molecule has 1 amide bonds. The summed E-state index contributed by atoms with van der Waals surface area (Å²) < 4.78 is 19.1. The van der Waals surface area contributed by atoms with Crippen LogP contribution in [0.15, 0.2) is 36.4 Å². The van der Waals surface area contributed by atoms with Crippen LogP contribution >= 0.6 is 35.6 Å². The van der Waals surface area contributed by atoms with E-state index in [-0.39, 0.29) is 29.1 Å². The number of hydrogen-bond donors (Lipinski definition) is 1. The van der Waals surface area contributed by atoms with Crippen LogP contribution < -0.4 is 10.1 Å². The standard InChI is InChI=1S/C19H19Cl2FN2O2.ClH/c1-24-8-6-14(7-9-24)26-18-11-13(3-5-16(18)20)23-19(25)15-4-2-12(22)10-17(15)21;/h2-5,10-11,14H,6-9H2,1H3,(H,23,25);1H. The van der Waals surface area contributed by atoms with Crippen molar-refractivity contribution in [1.29, 1.82) is 0 Å². The normalized spacial score (nSPS) is 15.1. The number of amides is 1. The molecule has 1 aliphatic heterocycles. The maximum Gasteiger partial charge on any atom is 0.257 e. The first-order valence-electron chi connectivity index (χ1n) is 8.33. The molecule has 4 nitrogen and oxygen atoms in total. The molecule has 8 heteroatoms. The lowest BCUT2D eigenvalue weighted by Crippen LogP contribution is -2.35. The van der Waals surface area contributed by atoms with Crippen LogP contribution in [0.4, 0.5) is 10.1 Å². The Morgan fingerprint density at radius 2 is 1.85 bits per heavy atom. The fourth-order valence-corrected chi connectivity index (χ4v) is 3.24. The van der Waals surface area contributed by atoms with E-state index in [1.807, 2.05) is 0 Å². The predicted molar refractivity (Wildman–Crippen MR) is 109 cm³/mol. The molecule has 0 atom stereocenters. The topological polar surface area (TPSA) is 41.6 Å². The summed E-state index contributed by atoms with van der Waals surface area (Å²) in [6.07, 6.45) is 1.95. The van der Waals surface area contributed by atoms with Crippen molar-refractivity contribution < 1.29 is 13.9 Å². The van der Waals surface area contributed by atoms with Crippen LogP contribution in [0.3, 0.4) is 0 Å². The van der Waals surface area contributed by atoms with Gasteiger partial charge in [-0.05, 0) is 50.2 Å². The molecule has 1 fully saturated rings. The maximum atomic E-state index is 13.1. The van der Waals surface area contributed by atoms with Gasteiger partial charge in [0.15, 0.2) is 0 Å². The van der Waals surface area contributed by atoms with Crippen LogP contribution in [0.25, 0.3) is 0 Å². The van der Waals surface area contributed by atoms with Crippen molar-refractivity contribution in [1.82, 2.24) is 4.90 Å². The Hall–Kier alpha value is -1.53. The Morgan fingerprint density at radius 3 is 2.52 bits per heavy atom. The molecule has 0 spiro atoms. The van der Waals surface area contributed by atoms with Gasteiger partial charge in [0.1, 0.15) is 17.7 Å². The van der Waals surface area contributed by atoms with Gasteiger partial charge in [-0.1, -0.05) is 23.2 Å². The average Bonchev–Trinajstić information content (AvgIpc) is 2.59. The third kappa shape index (κ3) is 5.72. The molecule has 27 heavy (non-hydrogen) atoms. The molecule has 146 valence electrons. The quantitative estimate of drug-likeness (QED) is 0.713. The van der Waals surface area contributed by atoms with Crippen molar-refractivity contribution in [3.8, 4) is 5.75 Å². The van der Waals surface area contributed by atoms with E-state index in [4.69, 9.17) is 27.9 Å². The van der Waals surface area contributed by atoms with Gasteiger partial charge in [0.2, 0.25) is 0 Å². The number of ether oxygens (including phenoxy) is 1. The summed E-state index contributed by atoms with van der Waals surface area (Å²) in [6, 6.07) is 8.69. The summed E-state index contributed by atoms with van der Waals surface area (Å²) in [5.41, 5.74) is 0.725. The van der Waals surface area contributed by atoms with Gasteiger partial charge in [0, 0.05) is 24.8 Å². The zero-order chi connectivity index (χ0) is 18.7. The number of hydrogen-bond acceptors (Lipinski definition) is 3. The van der Waals surface area contributed by atoms with Gasteiger partial charge in [-0.25, -0.2) is 4.39 Å². The van der Waals surface area contributed by atoms with Crippen molar-refractivity contribution in [3.05, 3.63) is 57.8 Å². The minimum atomic E-state index is -0.494. The highest BCUT2D eigenvalue weighted by Gasteiger charge is 2.19. The number of anilines is 1. The van der Waals surface area contributed by atoms with E-state index in [1.54, 1.807) is 18.2 Å². The number of piperidine rings is 1. The monoisotopic (exact) mass is 432 g/mol. The van der Waals surface area contributed by atoms with Gasteiger partial charge in [-0.3, -0.25) is 4.79 Å². The highest BCUT2D eigenvalue weighted by molar-refractivity contribution is 6.34. The molecule has 0 unspecified atom stereocenters. The summed E-state index contributed by atoms with van der Waals surface area (Å²) in [6.45, 7) is 1.95. The van der Waals surface area contributed by atoms with E-state index < -0.39 is 11.7 Å². The van der Waals surface area contributed by atoms with Gasteiger partial charge in [-0.15, -0.1) is 12.4 Å². The molecular formula is C19H20Cl3FN2O2. The lowest BCUT2D eigenvalue weighted by Gasteiger charge is -2.29. The summed E-state index contributed by atoms with van der Waals surface area (Å²) in [4.78, 5) is 14.6. The van der Waals surface area contributed by atoms with Crippen LogP contribution in [-0.4, -0.2) is 37.0 Å². The molecule has 3 rings (SSSR count). The van der Waals surface area contributed by atoms with Crippen molar-refractivity contribution in [2.45, 2.75) is 18.9 Å². The largest absolute Gasteiger partial charge is 0.489 e. The van der Waals surface area contributed by atoms with Crippen molar-refractivity contribution in [2.24, 2.45) is 0 Å². The second kappa shape index (κ2) is 9.60. The molecule has 0 aromatic heterocycles. The molecule has 1 saturated heterocycles. The Kier molecular flexibility index (Phi) is 7.74. The fourth-order valence-electron chi connectivity index (χ4n) is 2.83. The Morgan fingerprint density at radius 1 is 1.15 bits per heavy atom. The molecule has 1 N–H and O–H groups in total. The zero-order valence-corrected chi connectivity index (χ0v) is 17.0. The molecule has 1 heterocycles. The van der Waals surface area contributed by atoms with Gasteiger partial charge in [-0.2, -0.15) is 0 Å². The smallest absolute Gasteiger partial charge is 0.257 e. The Balaban J connectivity index is 0.00000261. The summed E-state index contributed by atoms with van der Waals surface area (Å²) in [7, 11) is 2.08. The first-order chi connectivity index (χ1) is 12.4. The minimum Gasteiger partial charge on any atom is -0.489 e. The summed E-state index contributed by atoms with van der Waals surface area (Å²) >= 11 is 12.2. The molecule has 0 aliphatic carbocycles. The Labute approximate surface area is 174 Å². The third-order valence-electron chi connectivity index (χ3n) is 4.32. The van der Waals surface area contributed by atoms with Gasteiger partial charge < -0.3 is 15.0 Å². The second-order valence-electron chi connectivity index (χ2n) is 6.34. The lowest BCUT2D eigenvalue weighted by molar-refractivity contribution is 0.102. The van der Waals surface area contributed by atoms with E-state index in [1.165, 1.54) is 12.1 Å². The number of carbonyl (C=O) groups excluding carboxylic acids is 1. The average molecular weight is 434 g/mol. The maximum absolute atomic E-state index is 13.1. The van der Waals surface area contributed by atoms with Crippen LogP contribution in [-0.2, 0) is 0 Å². The van der Waals surface area contributed by atoms with Crippen LogP contribution in [0.5, 0.6) is 5.75 Å².